The van der Waals surface area contributed by atoms with Gasteiger partial charge in [-0.1, -0.05) is 77.2 Å². The number of fused-ring (bicyclic) bond motifs is 1. The molecule has 3 aromatic carbocycles. The average Bonchev–Trinajstić information content (AvgIpc) is 3.60. The van der Waals surface area contributed by atoms with Crippen molar-refractivity contribution in [3.8, 4) is 5.75 Å². The van der Waals surface area contributed by atoms with Crippen LogP contribution < -0.4 is 19.6 Å². The highest BCUT2D eigenvalue weighted by molar-refractivity contribution is 7.99. The summed E-state index contributed by atoms with van der Waals surface area (Å²) in [5, 5.41) is 1.33. The molecular weight excluding hydrogens is 604 g/mol. The number of carbonyl (C=O) groups excluding carboxylic acids is 1. The molecule has 10 heteroatoms. The largest absolute Gasteiger partial charge is 0.497 e. The molecular formula is C33H25ClN2O5S2. The lowest BCUT2D eigenvalue weighted by molar-refractivity contribution is -0.138. The van der Waals surface area contributed by atoms with Crippen molar-refractivity contribution in [2.45, 2.75) is 23.0 Å². The lowest BCUT2D eigenvalue weighted by Gasteiger charge is -2.26. The number of benzene rings is 3. The molecule has 0 N–H and O–H groups in total. The molecule has 0 unspecified atom stereocenters. The number of hydrogen-bond donors (Lipinski definition) is 0. The van der Waals surface area contributed by atoms with Crippen LogP contribution in [-0.4, -0.2) is 24.3 Å². The van der Waals surface area contributed by atoms with E-state index in [1.54, 1.807) is 24.7 Å². The molecule has 216 valence electrons. The molecule has 0 saturated carbocycles. The number of thiazole rings is 1. The Morgan fingerprint density at radius 1 is 1.07 bits per heavy atom. The Balaban J connectivity index is 1.51. The summed E-state index contributed by atoms with van der Waals surface area (Å²) in [6, 6.07) is 27.1. The van der Waals surface area contributed by atoms with E-state index in [4.69, 9.17) is 30.5 Å². The number of furan rings is 1. The lowest BCUT2D eigenvalue weighted by Crippen LogP contribution is -2.40. The van der Waals surface area contributed by atoms with Crippen molar-refractivity contribution in [2.24, 2.45) is 4.99 Å². The molecule has 7 nitrogen and oxygen atoms in total. The van der Waals surface area contributed by atoms with Crippen molar-refractivity contribution < 1.29 is 18.7 Å². The van der Waals surface area contributed by atoms with Gasteiger partial charge in [0.25, 0.3) is 5.56 Å². The van der Waals surface area contributed by atoms with Crippen LogP contribution >= 0.6 is 34.7 Å². The summed E-state index contributed by atoms with van der Waals surface area (Å²) in [5.74, 6) is 0.581. The fourth-order valence-electron chi connectivity index (χ4n) is 4.78. The van der Waals surface area contributed by atoms with Gasteiger partial charge in [0.15, 0.2) is 9.89 Å². The van der Waals surface area contributed by atoms with Gasteiger partial charge in [-0.3, -0.25) is 9.36 Å². The van der Waals surface area contributed by atoms with E-state index < -0.39 is 12.0 Å². The smallest absolute Gasteiger partial charge is 0.338 e. The van der Waals surface area contributed by atoms with Gasteiger partial charge in [0.05, 0.1) is 35.6 Å². The number of carbonyl (C=O) groups is 1. The van der Waals surface area contributed by atoms with E-state index in [1.807, 2.05) is 91.0 Å². The summed E-state index contributed by atoms with van der Waals surface area (Å²) in [6.45, 7) is 1.92. The van der Waals surface area contributed by atoms with Crippen LogP contribution in [0.4, 0.5) is 0 Å². The lowest BCUT2D eigenvalue weighted by atomic mass is 9.93. The Hall–Kier alpha value is -4.31. The minimum atomic E-state index is -0.796. The van der Waals surface area contributed by atoms with E-state index in [0.717, 1.165) is 10.5 Å². The molecule has 1 atom stereocenters. The fourth-order valence-corrected chi connectivity index (χ4v) is 6.67. The first-order valence-corrected chi connectivity index (χ1v) is 15.4. The van der Waals surface area contributed by atoms with Gasteiger partial charge < -0.3 is 13.9 Å². The molecule has 3 heterocycles. The quantitative estimate of drug-likeness (QED) is 0.187. The third-order valence-corrected chi connectivity index (χ3v) is 8.85. The van der Waals surface area contributed by atoms with Crippen LogP contribution in [0.3, 0.4) is 0 Å². The van der Waals surface area contributed by atoms with Crippen molar-refractivity contribution in [2.75, 3.05) is 13.7 Å². The summed E-state index contributed by atoms with van der Waals surface area (Å²) >= 11 is 8.69. The molecule has 43 heavy (non-hydrogen) atoms. The SMILES string of the molecule is CCOC(=O)C1=C(c2ccccc2)N=c2s/c(=C/c3ccc(Sc4ccc(Cl)cc4)o3)c(=O)n2[C@H]1c1cccc(OC)c1. The molecule has 1 aliphatic rings. The van der Waals surface area contributed by atoms with Crippen molar-refractivity contribution >= 4 is 52.4 Å². The van der Waals surface area contributed by atoms with E-state index in [2.05, 4.69) is 0 Å². The predicted octanol–water partition coefficient (Wildman–Crippen LogP) is 6.34. The Labute approximate surface area is 260 Å². The van der Waals surface area contributed by atoms with Gasteiger partial charge in [0.2, 0.25) is 0 Å². The maximum Gasteiger partial charge on any atom is 0.338 e. The topological polar surface area (TPSA) is 83.0 Å². The number of aromatic nitrogens is 1. The summed E-state index contributed by atoms with van der Waals surface area (Å²) in [7, 11) is 1.57. The zero-order valence-corrected chi connectivity index (χ0v) is 25.5. The minimum absolute atomic E-state index is 0.175. The maximum absolute atomic E-state index is 14.1. The van der Waals surface area contributed by atoms with Crippen LogP contribution in [0.2, 0.25) is 5.02 Å². The number of nitrogens with zero attached hydrogens (tertiary/aromatic N) is 2. The number of methoxy groups -OCH3 is 1. The van der Waals surface area contributed by atoms with Crippen molar-refractivity contribution in [1.82, 2.24) is 4.57 Å². The van der Waals surface area contributed by atoms with Gasteiger partial charge >= 0.3 is 5.97 Å². The van der Waals surface area contributed by atoms with Crippen LogP contribution in [0, 0.1) is 0 Å². The molecule has 2 aromatic heterocycles. The third kappa shape index (κ3) is 5.97. The molecule has 6 rings (SSSR count). The predicted molar refractivity (Wildman–Crippen MR) is 168 cm³/mol. The number of ether oxygens (including phenoxy) is 2. The monoisotopic (exact) mass is 628 g/mol. The molecule has 0 amide bonds. The van der Waals surface area contributed by atoms with Gasteiger partial charge in [-0.05, 0) is 61.0 Å². The molecule has 0 bridgehead atoms. The number of hydrogen-bond acceptors (Lipinski definition) is 8. The van der Waals surface area contributed by atoms with Gasteiger partial charge in [-0.2, -0.15) is 0 Å². The van der Waals surface area contributed by atoms with Gasteiger partial charge in [-0.25, -0.2) is 9.79 Å². The summed E-state index contributed by atoms with van der Waals surface area (Å²) in [6.07, 6.45) is 1.70. The van der Waals surface area contributed by atoms with Gasteiger partial charge in [-0.15, -0.1) is 0 Å². The zero-order valence-electron chi connectivity index (χ0n) is 23.2. The number of esters is 1. The maximum atomic E-state index is 14.1. The fraction of sp³-hybridized carbons (Fsp3) is 0.121. The Bertz CT molecular complexity index is 2010. The summed E-state index contributed by atoms with van der Waals surface area (Å²) < 4.78 is 19.0. The van der Waals surface area contributed by atoms with Crippen LogP contribution in [0.5, 0.6) is 5.75 Å². The molecule has 0 saturated heterocycles. The first-order valence-electron chi connectivity index (χ1n) is 13.4. The standard InChI is InChI=1S/C33H25ClN2O5S2/c1-3-40-32(38)28-29(20-8-5-4-6-9-20)35-33-36(30(28)21-10-7-11-23(18-21)39-2)31(37)26(43-33)19-24-14-17-27(41-24)42-25-15-12-22(34)13-16-25/h4-19,30H,3H2,1-2H3/b26-19+/t30-/m0/s1. The van der Waals surface area contributed by atoms with E-state index in [1.165, 1.54) is 23.1 Å². The van der Waals surface area contributed by atoms with Crippen LogP contribution in [0.1, 0.15) is 29.9 Å². The highest BCUT2D eigenvalue weighted by Crippen LogP contribution is 2.36. The number of rotatable bonds is 8. The molecule has 1 aliphatic heterocycles. The average molecular weight is 629 g/mol. The zero-order chi connectivity index (χ0) is 29.9. The summed E-state index contributed by atoms with van der Waals surface area (Å²) in [4.78, 5) is 34.0. The van der Waals surface area contributed by atoms with Crippen molar-refractivity contribution in [1.29, 1.82) is 0 Å². The van der Waals surface area contributed by atoms with Crippen LogP contribution in [0.25, 0.3) is 11.8 Å². The first kappa shape index (κ1) is 28.8. The Morgan fingerprint density at radius 2 is 1.86 bits per heavy atom. The Morgan fingerprint density at radius 3 is 2.60 bits per heavy atom. The molecule has 5 aromatic rings. The third-order valence-electron chi connectivity index (χ3n) is 6.69. The first-order chi connectivity index (χ1) is 20.9. The highest BCUT2D eigenvalue weighted by atomic mass is 35.5. The van der Waals surface area contributed by atoms with Crippen LogP contribution in [-0.2, 0) is 9.53 Å². The molecule has 0 fully saturated rings. The second-order valence-electron chi connectivity index (χ2n) is 9.42. The molecule has 0 spiro atoms. The second kappa shape index (κ2) is 12.5. The van der Waals surface area contributed by atoms with Crippen molar-refractivity contribution in [3.63, 3.8) is 0 Å². The van der Waals surface area contributed by atoms with Crippen molar-refractivity contribution in [3.05, 3.63) is 138 Å². The number of halogens is 1. The van der Waals surface area contributed by atoms with E-state index in [-0.39, 0.29) is 17.7 Å². The summed E-state index contributed by atoms with van der Waals surface area (Å²) in [5.41, 5.74) is 1.87. The molecule has 0 radical (unpaired) electrons. The van der Waals surface area contributed by atoms with Crippen LogP contribution in [0.15, 0.2) is 121 Å². The van der Waals surface area contributed by atoms with E-state index in [9.17, 15) is 9.59 Å². The second-order valence-corrected chi connectivity index (χ2v) is 11.9. The molecule has 0 aliphatic carbocycles. The minimum Gasteiger partial charge on any atom is -0.497 e. The highest BCUT2D eigenvalue weighted by Gasteiger charge is 2.35. The van der Waals surface area contributed by atoms with E-state index >= 15 is 0 Å². The van der Waals surface area contributed by atoms with Gasteiger partial charge in [0.1, 0.15) is 11.5 Å². The van der Waals surface area contributed by atoms with Gasteiger partial charge in [0, 0.05) is 21.6 Å². The van der Waals surface area contributed by atoms with E-state index in [0.29, 0.717) is 42.2 Å². The Kier molecular flexibility index (Phi) is 8.38. The normalized spacial score (nSPS) is 14.8.